The van der Waals surface area contributed by atoms with E-state index in [1.54, 1.807) is 11.6 Å². The number of ether oxygens (including phenoxy) is 1. The first-order valence-electron chi connectivity index (χ1n) is 3.90. The monoisotopic (exact) mass is 240 g/mol. The van der Waals surface area contributed by atoms with E-state index in [0.717, 1.165) is 21.6 Å². The Morgan fingerprint density at radius 3 is 2.85 bits per heavy atom. The molecular weight excluding hydrogens is 232 g/mol. The van der Waals surface area contributed by atoms with E-state index in [9.17, 15) is 0 Å². The van der Waals surface area contributed by atoms with E-state index in [4.69, 9.17) is 4.74 Å². The number of aryl methyl sites for hydroxylation is 1. The SMILES string of the molecule is COc1cc(Br)cc2cc(C)nn12. The fourth-order valence-electron chi connectivity index (χ4n) is 1.31. The minimum absolute atomic E-state index is 0.734. The Kier molecular flexibility index (Phi) is 2.00. The van der Waals surface area contributed by atoms with Crippen LogP contribution in [0.2, 0.25) is 0 Å². The lowest BCUT2D eigenvalue weighted by molar-refractivity contribution is 0.385. The van der Waals surface area contributed by atoms with Gasteiger partial charge in [0, 0.05) is 10.5 Å². The van der Waals surface area contributed by atoms with Crippen LogP contribution in [0, 0.1) is 6.92 Å². The van der Waals surface area contributed by atoms with Crippen molar-refractivity contribution >= 4 is 21.4 Å². The van der Waals surface area contributed by atoms with Gasteiger partial charge in [0.05, 0.1) is 18.3 Å². The van der Waals surface area contributed by atoms with Gasteiger partial charge in [0.1, 0.15) is 0 Å². The van der Waals surface area contributed by atoms with Gasteiger partial charge in [-0.1, -0.05) is 15.9 Å². The molecule has 4 heteroatoms. The number of hydrogen-bond acceptors (Lipinski definition) is 2. The number of halogens is 1. The Labute approximate surface area is 84.4 Å². The van der Waals surface area contributed by atoms with E-state index in [2.05, 4.69) is 21.0 Å². The molecule has 0 bridgehead atoms. The molecule has 0 atom stereocenters. The summed E-state index contributed by atoms with van der Waals surface area (Å²) in [4.78, 5) is 0. The number of pyridine rings is 1. The molecule has 13 heavy (non-hydrogen) atoms. The standard InChI is InChI=1S/C9H9BrN2O/c1-6-3-8-4-7(10)5-9(13-2)12(8)11-6/h3-5H,1-2H3. The maximum atomic E-state index is 5.19. The molecule has 3 nitrogen and oxygen atoms in total. The van der Waals surface area contributed by atoms with Crippen LogP contribution in [0.5, 0.6) is 5.88 Å². The van der Waals surface area contributed by atoms with Gasteiger partial charge in [0.2, 0.25) is 5.88 Å². The number of hydrogen-bond donors (Lipinski definition) is 0. The maximum absolute atomic E-state index is 5.19. The van der Waals surface area contributed by atoms with Crippen molar-refractivity contribution in [3.63, 3.8) is 0 Å². The van der Waals surface area contributed by atoms with Crippen LogP contribution in [0.1, 0.15) is 5.69 Å². The average molecular weight is 241 g/mol. The summed E-state index contributed by atoms with van der Waals surface area (Å²) in [5, 5.41) is 4.30. The van der Waals surface area contributed by atoms with Gasteiger partial charge in [-0.2, -0.15) is 5.10 Å². The van der Waals surface area contributed by atoms with E-state index < -0.39 is 0 Å². The summed E-state index contributed by atoms with van der Waals surface area (Å²) in [6.45, 7) is 1.96. The molecule has 0 aliphatic carbocycles. The van der Waals surface area contributed by atoms with E-state index in [-0.39, 0.29) is 0 Å². The summed E-state index contributed by atoms with van der Waals surface area (Å²) < 4.78 is 7.97. The van der Waals surface area contributed by atoms with Gasteiger partial charge in [0.25, 0.3) is 0 Å². The third-order valence-electron chi connectivity index (χ3n) is 1.82. The Bertz CT molecular complexity index is 450. The molecular formula is C9H9BrN2O. The molecule has 0 saturated heterocycles. The van der Waals surface area contributed by atoms with Crippen LogP contribution in [-0.4, -0.2) is 16.7 Å². The van der Waals surface area contributed by atoms with Crippen LogP contribution in [0.15, 0.2) is 22.7 Å². The van der Waals surface area contributed by atoms with Gasteiger partial charge < -0.3 is 4.74 Å². The highest BCUT2D eigenvalue weighted by atomic mass is 79.9. The molecule has 2 rings (SSSR count). The highest BCUT2D eigenvalue weighted by Gasteiger charge is 2.04. The Morgan fingerprint density at radius 1 is 1.38 bits per heavy atom. The zero-order chi connectivity index (χ0) is 9.42. The average Bonchev–Trinajstić information content (AvgIpc) is 2.43. The molecule has 0 aliphatic rings. The largest absolute Gasteiger partial charge is 0.481 e. The number of nitrogens with zero attached hydrogens (tertiary/aromatic N) is 2. The molecule has 2 heterocycles. The van der Waals surface area contributed by atoms with Crippen molar-refractivity contribution in [2.45, 2.75) is 6.92 Å². The lowest BCUT2D eigenvalue weighted by Gasteiger charge is -2.02. The molecule has 0 unspecified atom stereocenters. The fraction of sp³-hybridized carbons (Fsp3) is 0.222. The highest BCUT2D eigenvalue weighted by Crippen LogP contribution is 2.21. The maximum Gasteiger partial charge on any atom is 0.215 e. The predicted octanol–water partition coefficient (Wildman–Crippen LogP) is 2.41. The second kappa shape index (κ2) is 3.03. The normalized spacial score (nSPS) is 10.7. The lowest BCUT2D eigenvalue weighted by Crippen LogP contribution is -1.95. The van der Waals surface area contributed by atoms with Crippen LogP contribution < -0.4 is 4.74 Å². The topological polar surface area (TPSA) is 26.5 Å². The summed E-state index contributed by atoms with van der Waals surface area (Å²) in [5.41, 5.74) is 2.01. The molecule has 2 aromatic heterocycles. The first-order valence-corrected chi connectivity index (χ1v) is 4.70. The molecule has 0 spiro atoms. The van der Waals surface area contributed by atoms with Crippen LogP contribution in [0.25, 0.3) is 5.52 Å². The van der Waals surface area contributed by atoms with Crippen molar-refractivity contribution in [1.82, 2.24) is 9.61 Å². The molecule has 0 radical (unpaired) electrons. The van der Waals surface area contributed by atoms with Crippen LogP contribution in [0.4, 0.5) is 0 Å². The lowest BCUT2D eigenvalue weighted by atomic mass is 10.4. The van der Waals surface area contributed by atoms with Crippen molar-refractivity contribution in [2.24, 2.45) is 0 Å². The van der Waals surface area contributed by atoms with Crippen LogP contribution in [0.3, 0.4) is 0 Å². The van der Waals surface area contributed by atoms with Crippen LogP contribution in [-0.2, 0) is 0 Å². The molecule has 2 aromatic rings. The van der Waals surface area contributed by atoms with Gasteiger partial charge in [-0.15, -0.1) is 0 Å². The molecule has 68 valence electrons. The highest BCUT2D eigenvalue weighted by molar-refractivity contribution is 9.10. The van der Waals surface area contributed by atoms with Crippen molar-refractivity contribution in [3.05, 3.63) is 28.4 Å². The van der Waals surface area contributed by atoms with Crippen molar-refractivity contribution in [1.29, 1.82) is 0 Å². The van der Waals surface area contributed by atoms with E-state index in [0.29, 0.717) is 0 Å². The van der Waals surface area contributed by atoms with Gasteiger partial charge >= 0.3 is 0 Å². The van der Waals surface area contributed by atoms with Gasteiger partial charge in [-0.05, 0) is 19.1 Å². The third kappa shape index (κ3) is 1.42. The number of aromatic nitrogens is 2. The minimum Gasteiger partial charge on any atom is -0.481 e. The summed E-state index contributed by atoms with van der Waals surface area (Å²) in [6, 6.07) is 5.90. The van der Waals surface area contributed by atoms with Gasteiger partial charge in [0.15, 0.2) is 0 Å². The van der Waals surface area contributed by atoms with Crippen molar-refractivity contribution in [2.75, 3.05) is 7.11 Å². The number of rotatable bonds is 1. The summed E-state index contributed by atoms with van der Waals surface area (Å²) in [6.07, 6.45) is 0. The molecule has 0 aromatic carbocycles. The predicted molar refractivity (Wildman–Crippen MR) is 54.2 cm³/mol. The number of fused-ring (bicyclic) bond motifs is 1. The quantitative estimate of drug-likeness (QED) is 0.766. The number of methoxy groups -OCH3 is 1. The summed E-state index contributed by atoms with van der Waals surface area (Å²) in [7, 11) is 1.64. The second-order valence-corrected chi connectivity index (χ2v) is 3.75. The van der Waals surface area contributed by atoms with Crippen LogP contribution >= 0.6 is 15.9 Å². The molecule has 0 saturated carbocycles. The van der Waals surface area contributed by atoms with E-state index in [1.165, 1.54) is 0 Å². The van der Waals surface area contributed by atoms with E-state index >= 15 is 0 Å². The Morgan fingerprint density at radius 2 is 2.15 bits per heavy atom. The molecule has 0 N–H and O–H groups in total. The van der Waals surface area contributed by atoms with Crippen molar-refractivity contribution in [3.8, 4) is 5.88 Å². The molecule has 0 amide bonds. The first-order chi connectivity index (χ1) is 6.20. The second-order valence-electron chi connectivity index (χ2n) is 2.84. The first kappa shape index (κ1) is 8.56. The third-order valence-corrected chi connectivity index (χ3v) is 2.28. The zero-order valence-corrected chi connectivity index (χ0v) is 9.00. The zero-order valence-electron chi connectivity index (χ0n) is 7.41. The smallest absolute Gasteiger partial charge is 0.215 e. The Hall–Kier alpha value is -1.03. The summed E-state index contributed by atoms with van der Waals surface area (Å²) in [5.74, 6) is 0.734. The summed E-state index contributed by atoms with van der Waals surface area (Å²) >= 11 is 3.41. The molecule has 0 aliphatic heterocycles. The van der Waals surface area contributed by atoms with E-state index in [1.807, 2.05) is 25.1 Å². The molecule has 0 fully saturated rings. The fourth-order valence-corrected chi connectivity index (χ4v) is 1.74. The van der Waals surface area contributed by atoms with Crippen molar-refractivity contribution < 1.29 is 4.74 Å². The minimum atomic E-state index is 0.734. The van der Waals surface area contributed by atoms with Gasteiger partial charge in [-0.3, -0.25) is 0 Å². The van der Waals surface area contributed by atoms with Gasteiger partial charge in [-0.25, -0.2) is 4.52 Å². The Balaban J connectivity index is 2.80.